The quantitative estimate of drug-likeness (QED) is 0.417. The minimum atomic E-state index is -0.783. The van der Waals surface area contributed by atoms with Gasteiger partial charge >= 0.3 is 6.16 Å². The van der Waals surface area contributed by atoms with Gasteiger partial charge in [-0.2, -0.15) is 0 Å². The van der Waals surface area contributed by atoms with Crippen molar-refractivity contribution >= 4 is 23.7 Å². The summed E-state index contributed by atoms with van der Waals surface area (Å²) in [6.45, 7) is 2.30. The zero-order valence-corrected chi connectivity index (χ0v) is 20.0. The van der Waals surface area contributed by atoms with Gasteiger partial charge in [-0.1, -0.05) is 18.2 Å². The molecule has 2 amide bonds. The molecule has 4 bridgehead atoms. The second-order valence-electron chi connectivity index (χ2n) is 10.3. The van der Waals surface area contributed by atoms with Crippen LogP contribution in [0.1, 0.15) is 61.4 Å². The molecule has 6 rings (SSSR count). The van der Waals surface area contributed by atoms with Gasteiger partial charge in [0.05, 0.1) is 6.61 Å². The number of benzene rings is 2. The van der Waals surface area contributed by atoms with E-state index in [-0.39, 0.29) is 23.8 Å². The normalized spacial score (nSPS) is 26.1. The number of anilines is 1. The molecule has 0 aromatic heterocycles. The van der Waals surface area contributed by atoms with Crippen molar-refractivity contribution in [3.05, 3.63) is 59.7 Å². The maximum absolute atomic E-state index is 13.3. The Labute approximate surface area is 205 Å². The van der Waals surface area contributed by atoms with E-state index >= 15 is 0 Å². The Hall–Kier alpha value is -3.35. The van der Waals surface area contributed by atoms with Crippen LogP contribution in [0.5, 0.6) is 5.75 Å². The lowest BCUT2D eigenvalue weighted by atomic mass is 9.49. The fraction of sp³-hybridized carbons (Fsp3) is 0.464. The fourth-order valence-corrected chi connectivity index (χ4v) is 6.66. The molecule has 7 nitrogen and oxygen atoms in total. The average molecular weight is 477 g/mol. The summed E-state index contributed by atoms with van der Waals surface area (Å²) in [5, 5.41) is 6.14. The number of nitrogens with one attached hydrogen (secondary N) is 2. The van der Waals surface area contributed by atoms with E-state index in [4.69, 9.17) is 9.47 Å². The third kappa shape index (κ3) is 5.04. The molecule has 184 valence electrons. The number of carbonyl (C=O) groups excluding carboxylic acids is 3. The van der Waals surface area contributed by atoms with Gasteiger partial charge in [-0.05, 0) is 99.1 Å². The Bertz CT molecular complexity index is 1080. The maximum Gasteiger partial charge on any atom is 0.513 e. The molecule has 2 aromatic rings. The van der Waals surface area contributed by atoms with Crippen LogP contribution in [-0.4, -0.2) is 24.6 Å². The Morgan fingerprint density at radius 1 is 0.914 bits per heavy atom. The van der Waals surface area contributed by atoms with Crippen LogP contribution in [0.2, 0.25) is 0 Å². The highest BCUT2D eigenvalue weighted by atomic mass is 16.7. The zero-order chi connectivity index (χ0) is 24.4. The number of hydrogen-bond acceptors (Lipinski definition) is 5. The van der Waals surface area contributed by atoms with Gasteiger partial charge in [-0.3, -0.25) is 9.59 Å². The first kappa shape index (κ1) is 23.4. The molecule has 0 heterocycles. The molecule has 2 N–H and O–H groups in total. The van der Waals surface area contributed by atoms with E-state index in [1.54, 1.807) is 31.2 Å². The van der Waals surface area contributed by atoms with Gasteiger partial charge in [0.1, 0.15) is 5.75 Å². The second-order valence-corrected chi connectivity index (χ2v) is 10.3. The monoisotopic (exact) mass is 476 g/mol. The molecular weight excluding hydrogens is 444 g/mol. The second kappa shape index (κ2) is 9.72. The standard InChI is InChI=1S/C28H32N2O5/c1-2-34-27(33)35-23-9-7-21(8-10-23)25(31)30-24-6-4-3-5-22(24)17-29-26(32)28-14-18-11-19(15-28)13-20(12-18)16-28/h3-10,18-20H,2,11-17H2,1H3,(H,29,32)(H,30,31). The summed E-state index contributed by atoms with van der Waals surface area (Å²) >= 11 is 0. The Morgan fingerprint density at radius 3 is 2.17 bits per heavy atom. The third-order valence-electron chi connectivity index (χ3n) is 7.80. The van der Waals surface area contributed by atoms with Crippen LogP contribution in [0, 0.1) is 23.2 Å². The largest absolute Gasteiger partial charge is 0.513 e. The van der Waals surface area contributed by atoms with Crippen molar-refractivity contribution in [2.24, 2.45) is 23.2 Å². The molecule has 0 saturated heterocycles. The zero-order valence-electron chi connectivity index (χ0n) is 20.0. The van der Waals surface area contributed by atoms with Gasteiger partial charge in [0.25, 0.3) is 5.91 Å². The lowest BCUT2D eigenvalue weighted by Crippen LogP contribution is -2.53. The Kier molecular flexibility index (Phi) is 6.50. The number of rotatable bonds is 7. The first-order chi connectivity index (χ1) is 16.9. The summed E-state index contributed by atoms with van der Waals surface area (Å²) in [6, 6.07) is 13.8. The van der Waals surface area contributed by atoms with Crippen LogP contribution in [0.4, 0.5) is 10.5 Å². The highest BCUT2D eigenvalue weighted by Crippen LogP contribution is 2.60. The van der Waals surface area contributed by atoms with E-state index in [0.717, 1.165) is 24.8 Å². The van der Waals surface area contributed by atoms with Gasteiger partial charge < -0.3 is 20.1 Å². The van der Waals surface area contributed by atoms with Crippen molar-refractivity contribution in [1.82, 2.24) is 5.32 Å². The lowest BCUT2D eigenvalue weighted by molar-refractivity contribution is -0.146. The summed E-state index contributed by atoms with van der Waals surface area (Å²) in [5.74, 6) is 2.34. The summed E-state index contributed by atoms with van der Waals surface area (Å²) in [6.07, 6.45) is 6.21. The molecule has 4 aliphatic rings. The van der Waals surface area contributed by atoms with Crippen molar-refractivity contribution in [3.8, 4) is 5.75 Å². The SMILES string of the molecule is CCOC(=O)Oc1ccc(C(=O)Nc2ccccc2CNC(=O)C23CC4CC(CC(C4)C2)C3)cc1. The first-order valence-corrected chi connectivity index (χ1v) is 12.6. The number of carbonyl (C=O) groups is 3. The molecule has 7 heteroatoms. The van der Waals surface area contributed by atoms with Crippen molar-refractivity contribution in [2.45, 2.75) is 52.0 Å². The van der Waals surface area contributed by atoms with Crippen molar-refractivity contribution in [3.63, 3.8) is 0 Å². The van der Waals surface area contributed by atoms with E-state index < -0.39 is 6.16 Å². The summed E-state index contributed by atoms with van der Waals surface area (Å²) in [7, 11) is 0. The number of hydrogen-bond donors (Lipinski definition) is 2. The van der Waals surface area contributed by atoms with Gasteiger partial charge in [-0.25, -0.2) is 4.79 Å². The van der Waals surface area contributed by atoms with Crippen molar-refractivity contribution in [2.75, 3.05) is 11.9 Å². The van der Waals surface area contributed by atoms with Crippen molar-refractivity contribution < 1.29 is 23.9 Å². The van der Waals surface area contributed by atoms with E-state index in [9.17, 15) is 14.4 Å². The Balaban J connectivity index is 1.21. The van der Waals surface area contributed by atoms with Crippen LogP contribution < -0.4 is 15.4 Å². The van der Waals surface area contributed by atoms with Gasteiger partial charge in [0.15, 0.2) is 0 Å². The minimum absolute atomic E-state index is 0.176. The molecule has 0 spiro atoms. The van der Waals surface area contributed by atoms with E-state index in [2.05, 4.69) is 10.6 Å². The molecule has 35 heavy (non-hydrogen) atoms. The molecule has 0 aliphatic heterocycles. The van der Waals surface area contributed by atoms with E-state index in [0.29, 0.717) is 41.3 Å². The third-order valence-corrected chi connectivity index (χ3v) is 7.80. The molecule has 0 radical (unpaired) electrons. The van der Waals surface area contributed by atoms with Crippen LogP contribution in [0.15, 0.2) is 48.5 Å². The number of para-hydroxylation sites is 1. The Morgan fingerprint density at radius 2 is 1.54 bits per heavy atom. The fourth-order valence-electron chi connectivity index (χ4n) is 6.66. The topological polar surface area (TPSA) is 93.7 Å². The highest BCUT2D eigenvalue weighted by molar-refractivity contribution is 6.04. The van der Waals surface area contributed by atoms with Crippen LogP contribution in [-0.2, 0) is 16.1 Å². The van der Waals surface area contributed by atoms with Crippen LogP contribution in [0.3, 0.4) is 0 Å². The predicted molar refractivity (Wildman–Crippen MR) is 131 cm³/mol. The summed E-state index contributed by atoms with van der Waals surface area (Å²) in [5.41, 5.74) is 1.75. The smallest absolute Gasteiger partial charge is 0.434 e. The molecule has 4 saturated carbocycles. The predicted octanol–water partition coefficient (Wildman–Crippen LogP) is 5.31. The molecular formula is C28H32N2O5. The van der Waals surface area contributed by atoms with E-state index in [1.807, 2.05) is 24.3 Å². The lowest BCUT2D eigenvalue weighted by Gasteiger charge is -2.55. The molecule has 2 aromatic carbocycles. The average Bonchev–Trinajstić information content (AvgIpc) is 2.83. The summed E-state index contributed by atoms with van der Waals surface area (Å²) < 4.78 is 9.79. The molecule has 0 atom stereocenters. The van der Waals surface area contributed by atoms with E-state index in [1.165, 1.54) is 19.3 Å². The van der Waals surface area contributed by atoms with Gasteiger partial charge in [-0.15, -0.1) is 0 Å². The van der Waals surface area contributed by atoms with Gasteiger partial charge in [0.2, 0.25) is 5.91 Å². The molecule has 0 unspecified atom stereocenters. The number of ether oxygens (including phenoxy) is 2. The molecule has 4 aliphatic carbocycles. The maximum atomic E-state index is 13.3. The number of amides is 2. The van der Waals surface area contributed by atoms with Crippen LogP contribution >= 0.6 is 0 Å². The minimum Gasteiger partial charge on any atom is -0.434 e. The van der Waals surface area contributed by atoms with Crippen LogP contribution in [0.25, 0.3) is 0 Å². The summed E-state index contributed by atoms with van der Waals surface area (Å²) in [4.78, 5) is 37.6. The van der Waals surface area contributed by atoms with Gasteiger partial charge in [0, 0.05) is 23.2 Å². The molecule has 4 fully saturated rings. The van der Waals surface area contributed by atoms with Crippen molar-refractivity contribution in [1.29, 1.82) is 0 Å². The first-order valence-electron chi connectivity index (χ1n) is 12.6. The highest BCUT2D eigenvalue weighted by Gasteiger charge is 2.54.